The van der Waals surface area contributed by atoms with Gasteiger partial charge < -0.3 is 20.5 Å². The average Bonchev–Trinajstić information content (AvgIpc) is 3.00. The van der Waals surface area contributed by atoms with Crippen molar-refractivity contribution in [2.45, 2.75) is 69.6 Å². The molecule has 0 aliphatic heterocycles. The number of rotatable bonds is 4. The number of carboxylic acid groups (broad SMARTS) is 1. The van der Waals surface area contributed by atoms with Gasteiger partial charge in [0.25, 0.3) is 0 Å². The Morgan fingerprint density at radius 3 is 2.44 bits per heavy atom. The number of carbonyl (C=O) groups excluding carboxylic acids is 1. The molecule has 2 bridgehead atoms. The van der Waals surface area contributed by atoms with E-state index in [2.05, 4.69) is 15.6 Å². The van der Waals surface area contributed by atoms with E-state index in [9.17, 15) is 9.59 Å². The van der Waals surface area contributed by atoms with Gasteiger partial charge in [-0.3, -0.25) is 0 Å². The molecule has 0 aromatic carbocycles. The zero-order chi connectivity index (χ0) is 18.3. The highest BCUT2D eigenvalue weighted by atomic mass is 16.6. The summed E-state index contributed by atoms with van der Waals surface area (Å²) in [5, 5.41) is 15.6. The highest BCUT2D eigenvalue weighted by Gasteiger charge is 2.55. The number of nitrogens with zero attached hydrogens (tertiary/aromatic N) is 1. The van der Waals surface area contributed by atoms with Crippen molar-refractivity contribution in [3.05, 3.63) is 24.0 Å². The fourth-order valence-electron chi connectivity index (χ4n) is 4.00. The fraction of sp³-hybridized carbons (Fsp3) is 0.611. The van der Waals surface area contributed by atoms with Crippen LogP contribution in [-0.2, 0) is 4.74 Å². The van der Waals surface area contributed by atoms with Gasteiger partial charge in [0.2, 0.25) is 0 Å². The Balaban J connectivity index is 1.67. The smallest absolute Gasteiger partial charge is 0.408 e. The lowest BCUT2D eigenvalue weighted by Crippen LogP contribution is -2.47. The second-order valence-electron chi connectivity index (χ2n) is 8.22. The molecule has 7 nitrogen and oxygen atoms in total. The number of pyridine rings is 1. The molecule has 7 heteroatoms. The minimum Gasteiger partial charge on any atom is -0.477 e. The molecule has 3 N–H and O–H groups in total. The number of aromatic carboxylic acids is 1. The molecule has 1 aromatic heterocycles. The van der Waals surface area contributed by atoms with Crippen LogP contribution in [-0.4, -0.2) is 38.8 Å². The van der Waals surface area contributed by atoms with Crippen molar-refractivity contribution < 1.29 is 19.4 Å². The van der Waals surface area contributed by atoms with Crippen LogP contribution in [0, 0.1) is 0 Å². The number of carbonyl (C=O) groups is 2. The summed E-state index contributed by atoms with van der Waals surface area (Å²) in [6.07, 6.45) is 5.55. The summed E-state index contributed by atoms with van der Waals surface area (Å²) in [6.45, 7) is 5.55. The Morgan fingerprint density at radius 1 is 1.20 bits per heavy atom. The van der Waals surface area contributed by atoms with Crippen LogP contribution in [0.2, 0.25) is 0 Å². The van der Waals surface area contributed by atoms with E-state index in [0.717, 1.165) is 37.8 Å². The van der Waals surface area contributed by atoms with Gasteiger partial charge >= 0.3 is 12.1 Å². The summed E-state index contributed by atoms with van der Waals surface area (Å²) in [5.41, 5.74) is -0.0975. The van der Waals surface area contributed by atoms with Gasteiger partial charge in [0, 0.05) is 23.0 Å². The second-order valence-corrected chi connectivity index (χ2v) is 8.22. The number of nitrogens with one attached hydrogen (secondary N) is 2. The van der Waals surface area contributed by atoms with Gasteiger partial charge in [0.1, 0.15) is 11.3 Å². The molecule has 25 heavy (non-hydrogen) atoms. The largest absolute Gasteiger partial charge is 0.477 e. The Hall–Kier alpha value is -2.31. The Labute approximate surface area is 147 Å². The second kappa shape index (κ2) is 5.89. The van der Waals surface area contributed by atoms with Gasteiger partial charge in [-0.15, -0.1) is 0 Å². The number of anilines is 1. The van der Waals surface area contributed by atoms with Crippen LogP contribution >= 0.6 is 0 Å². The standard InChI is InChI=1S/C18H25N3O4/c1-16(2,3)25-15(24)21-18-7-5-17(11-18,6-8-18)20-12-4-9-19-13(10-12)14(22)23/h4,9-10H,5-8,11H2,1-3H3,(H,19,20)(H,21,24)(H,22,23). The van der Waals surface area contributed by atoms with Crippen LogP contribution in [0.4, 0.5) is 10.5 Å². The number of ether oxygens (including phenoxy) is 1. The van der Waals surface area contributed by atoms with Crippen molar-refractivity contribution in [1.29, 1.82) is 0 Å². The summed E-state index contributed by atoms with van der Waals surface area (Å²) in [6, 6.07) is 3.33. The van der Waals surface area contributed by atoms with E-state index in [-0.39, 0.29) is 22.9 Å². The van der Waals surface area contributed by atoms with Crippen molar-refractivity contribution in [3.63, 3.8) is 0 Å². The first kappa shape index (κ1) is 17.5. The molecule has 1 aromatic rings. The monoisotopic (exact) mass is 347 g/mol. The van der Waals surface area contributed by atoms with E-state index in [1.54, 1.807) is 12.1 Å². The highest BCUT2D eigenvalue weighted by Crippen LogP contribution is 2.52. The van der Waals surface area contributed by atoms with Gasteiger partial charge in [0.05, 0.1) is 0 Å². The molecule has 0 unspecified atom stereocenters. The van der Waals surface area contributed by atoms with E-state index in [0.29, 0.717) is 0 Å². The molecule has 2 aliphatic carbocycles. The molecule has 2 saturated carbocycles. The first-order valence-electron chi connectivity index (χ1n) is 8.59. The predicted molar refractivity (Wildman–Crippen MR) is 92.7 cm³/mol. The summed E-state index contributed by atoms with van der Waals surface area (Å²) >= 11 is 0. The number of amides is 1. The maximum Gasteiger partial charge on any atom is 0.408 e. The van der Waals surface area contributed by atoms with Crippen LogP contribution in [0.1, 0.15) is 63.4 Å². The lowest BCUT2D eigenvalue weighted by molar-refractivity contribution is 0.0457. The first-order valence-corrected chi connectivity index (χ1v) is 8.59. The molecule has 0 spiro atoms. The molecule has 0 saturated heterocycles. The van der Waals surface area contributed by atoms with Gasteiger partial charge in [-0.2, -0.15) is 0 Å². The Bertz CT molecular complexity index is 688. The van der Waals surface area contributed by atoms with Gasteiger partial charge in [-0.1, -0.05) is 0 Å². The molecule has 3 rings (SSSR count). The van der Waals surface area contributed by atoms with E-state index in [1.807, 2.05) is 20.8 Å². The maximum absolute atomic E-state index is 12.2. The Kier molecular flexibility index (Phi) is 4.13. The number of alkyl carbamates (subject to hydrolysis) is 1. The molecule has 2 aliphatic rings. The van der Waals surface area contributed by atoms with Crippen molar-refractivity contribution >= 4 is 17.7 Å². The van der Waals surface area contributed by atoms with Crippen LogP contribution in [0.5, 0.6) is 0 Å². The fourth-order valence-corrected chi connectivity index (χ4v) is 4.00. The van der Waals surface area contributed by atoms with E-state index in [1.165, 1.54) is 6.20 Å². The topological polar surface area (TPSA) is 101 Å². The zero-order valence-corrected chi connectivity index (χ0v) is 14.9. The average molecular weight is 347 g/mol. The minimum absolute atomic E-state index is 0.0236. The third kappa shape index (κ3) is 3.86. The number of fused-ring (bicyclic) bond motifs is 2. The van der Waals surface area contributed by atoms with Crippen molar-refractivity contribution in [2.24, 2.45) is 0 Å². The Morgan fingerprint density at radius 2 is 1.84 bits per heavy atom. The molecule has 136 valence electrons. The highest BCUT2D eigenvalue weighted by molar-refractivity contribution is 5.86. The molecule has 1 heterocycles. The SMILES string of the molecule is CC(C)(C)OC(=O)NC12CCC(Nc3ccnc(C(=O)O)c3)(CC1)C2. The van der Waals surface area contributed by atoms with Crippen molar-refractivity contribution in [1.82, 2.24) is 10.3 Å². The number of aromatic nitrogens is 1. The van der Waals surface area contributed by atoms with Gasteiger partial charge in [0.15, 0.2) is 0 Å². The first-order chi connectivity index (χ1) is 11.6. The number of carboxylic acids is 1. The normalized spacial score (nSPS) is 27.8. The van der Waals surface area contributed by atoms with Gasteiger partial charge in [-0.25, -0.2) is 14.6 Å². The van der Waals surface area contributed by atoms with E-state index < -0.39 is 11.6 Å². The van der Waals surface area contributed by atoms with Crippen LogP contribution in [0.15, 0.2) is 18.3 Å². The summed E-state index contributed by atoms with van der Waals surface area (Å²) in [5.74, 6) is -1.04. The third-order valence-corrected chi connectivity index (χ3v) is 5.00. The lowest BCUT2D eigenvalue weighted by Gasteiger charge is -2.30. The van der Waals surface area contributed by atoms with Crippen LogP contribution < -0.4 is 10.6 Å². The van der Waals surface area contributed by atoms with E-state index in [4.69, 9.17) is 9.84 Å². The zero-order valence-electron chi connectivity index (χ0n) is 14.9. The molecule has 1 amide bonds. The maximum atomic E-state index is 12.2. The lowest BCUT2D eigenvalue weighted by atomic mass is 9.91. The van der Waals surface area contributed by atoms with Crippen LogP contribution in [0.3, 0.4) is 0 Å². The summed E-state index contributed by atoms with van der Waals surface area (Å²) < 4.78 is 5.39. The molecule has 0 atom stereocenters. The molecular weight excluding hydrogens is 322 g/mol. The summed E-state index contributed by atoms with van der Waals surface area (Å²) in [7, 11) is 0. The van der Waals surface area contributed by atoms with Crippen molar-refractivity contribution in [2.75, 3.05) is 5.32 Å². The van der Waals surface area contributed by atoms with Gasteiger partial charge in [-0.05, 0) is 65.0 Å². The third-order valence-electron chi connectivity index (χ3n) is 5.00. The van der Waals surface area contributed by atoms with E-state index >= 15 is 0 Å². The van der Waals surface area contributed by atoms with Crippen molar-refractivity contribution in [3.8, 4) is 0 Å². The molecule has 2 fully saturated rings. The predicted octanol–water partition coefficient (Wildman–Crippen LogP) is 3.17. The quantitative estimate of drug-likeness (QED) is 0.773. The van der Waals surface area contributed by atoms with Crippen LogP contribution in [0.25, 0.3) is 0 Å². The summed E-state index contributed by atoms with van der Waals surface area (Å²) in [4.78, 5) is 27.1. The minimum atomic E-state index is -1.04. The number of hydrogen-bond donors (Lipinski definition) is 3. The molecular formula is C18H25N3O4. The molecule has 0 radical (unpaired) electrons. The number of hydrogen-bond acceptors (Lipinski definition) is 5.